The third-order valence-corrected chi connectivity index (χ3v) is 27.4. The second-order valence-electron chi connectivity index (χ2n) is 38.1. The summed E-state index contributed by atoms with van der Waals surface area (Å²) in [6.07, 6.45) is -117. The zero-order valence-electron chi connectivity index (χ0n) is 81.1. The topological polar surface area (TPSA) is 1010 Å². The van der Waals surface area contributed by atoms with Gasteiger partial charge in [-0.3, -0.25) is 28.8 Å². The summed E-state index contributed by atoms with van der Waals surface area (Å²) in [4.78, 5) is 78.4. The molecule has 0 bridgehead atoms. The Balaban J connectivity index is 0.942. The van der Waals surface area contributed by atoms with Gasteiger partial charge in [0.25, 0.3) is 0 Å². The van der Waals surface area contributed by atoms with Crippen LogP contribution in [0, 0.1) is 0 Å². The van der Waals surface area contributed by atoms with Gasteiger partial charge in [-0.1, -0.05) is 0 Å². The smallest absolute Gasteiger partial charge is 0.217 e. The number of amides is 6. The van der Waals surface area contributed by atoms with Crippen LogP contribution in [-0.4, -0.2) is 635 Å². The standard InChI is InChI=1S/C84H140N6O60/c1-19-43(105)56(118)60(122)79(131-19)129-18-36-69(52(114)37(73(127)132-36)85-20(2)99)144-77-41(89-24(6)103)54(116)67(32(14-97)138-77)147-82-64(126)70(148-84-72(150-76-39(87-22(4)101)51(113)45(107)27(9-92)134-76)63(125)68(33(15-98)140-84)143-75-38(86-21(3)100)50(112)44(106)26(8-91)133-75)49(111)35(141-82)17-130-83-71(149-78-42(90-25(7)104)55(117)66(31(13-96)139-78)146-81-62(124)58(120)47(109)29(11-94)136-81)59(121)48(110)34(142-83)16-128-74-40(88-23(5)102)53(115)65(30(12-95)137-74)145-80-61(123)57(119)46(108)28(10-93)135-80/h19,26-84,91-98,105-127H,8-18H2,1-7H3,(H,85,99)(H,86,100)(H,87,101)(H,88,102)(H,89,103)(H,90,104)/t19-,26+,27+,28+,29+,30+,31+,32+,33+,34+,35+,36+,37+,38+,39+,40+,41+,42+,43+,44+,45+,46-,47-,48+,49+,50+,51+,52+,53+,54+,55+,56+,57-,58-,59-,60-,61+,62+,63-,64-,65+,66+,67+,68+,69+,70-,71-,72-,73?,74+,75-,76-,77-,78-,79+,80-,81-,82-,83-,84+/m0/s1. The predicted octanol–water partition coefficient (Wildman–Crippen LogP) is -25.3. The van der Waals surface area contributed by atoms with E-state index in [1.807, 2.05) is 0 Å². The molecular weight excluding hydrogens is 2050 g/mol. The maximum Gasteiger partial charge on any atom is 0.217 e. The molecule has 0 spiro atoms. The van der Waals surface area contributed by atoms with Crippen LogP contribution in [0.4, 0.5) is 0 Å². The van der Waals surface area contributed by atoms with Crippen LogP contribution in [0.1, 0.15) is 48.5 Å². The molecule has 12 fully saturated rings. The van der Waals surface area contributed by atoms with Crippen molar-refractivity contribution in [3.05, 3.63) is 0 Å². The molecule has 60 atom stereocenters. The summed E-state index contributed by atoms with van der Waals surface area (Å²) in [5.74, 6) is -5.88. The zero-order valence-corrected chi connectivity index (χ0v) is 81.1. The first kappa shape index (κ1) is 123. The highest BCUT2D eigenvalue weighted by molar-refractivity contribution is 5.75. The second kappa shape index (κ2) is 54.0. The Bertz CT molecular complexity index is 4240. The van der Waals surface area contributed by atoms with E-state index in [4.69, 9.17) is 109 Å². The van der Waals surface area contributed by atoms with Crippen molar-refractivity contribution in [2.45, 2.75) is 417 Å². The van der Waals surface area contributed by atoms with Crippen LogP contribution in [0.5, 0.6) is 0 Å². The number of rotatable bonds is 39. The lowest BCUT2D eigenvalue weighted by Gasteiger charge is -2.52. The van der Waals surface area contributed by atoms with Crippen LogP contribution in [-0.2, 0) is 138 Å². The maximum atomic E-state index is 13.6. The lowest BCUT2D eigenvalue weighted by molar-refractivity contribution is -0.403. The van der Waals surface area contributed by atoms with Crippen molar-refractivity contribution in [1.82, 2.24) is 31.9 Å². The van der Waals surface area contributed by atoms with E-state index < -0.39 is 476 Å². The molecule has 0 saturated carbocycles. The minimum atomic E-state index is -2.80. The quantitative estimate of drug-likeness (QED) is 0.0272. The van der Waals surface area contributed by atoms with Gasteiger partial charge in [0.1, 0.15) is 287 Å². The fraction of sp³-hybridized carbons (Fsp3) is 0.929. The largest absolute Gasteiger partial charge is 0.394 e. The van der Waals surface area contributed by atoms with E-state index in [0.717, 1.165) is 41.5 Å². The summed E-state index contributed by atoms with van der Waals surface area (Å²) in [6, 6.07) is -11.8. The average Bonchev–Trinajstić information content (AvgIpc) is 0.756. The molecule has 1 unspecified atom stereocenters. The molecule has 0 aromatic carbocycles. The van der Waals surface area contributed by atoms with Crippen LogP contribution >= 0.6 is 0 Å². The molecule has 66 nitrogen and oxygen atoms in total. The normalized spacial score (nSPS) is 48.8. The molecule has 37 N–H and O–H groups in total. The first-order valence-corrected chi connectivity index (χ1v) is 48.0. The fourth-order valence-corrected chi connectivity index (χ4v) is 19.5. The second-order valence-corrected chi connectivity index (χ2v) is 38.1. The van der Waals surface area contributed by atoms with Gasteiger partial charge in [0.2, 0.25) is 35.4 Å². The molecular formula is C84H140N6O60. The molecule has 0 aromatic rings. The first-order chi connectivity index (χ1) is 70.9. The van der Waals surface area contributed by atoms with Gasteiger partial charge in [-0.2, -0.15) is 0 Å². The molecule has 12 saturated heterocycles. The molecule has 12 rings (SSSR count). The number of nitrogens with one attached hydrogen (secondary N) is 6. The summed E-state index contributed by atoms with van der Waals surface area (Å²) < 4.78 is 139. The van der Waals surface area contributed by atoms with Gasteiger partial charge >= 0.3 is 0 Å². The van der Waals surface area contributed by atoms with Crippen molar-refractivity contribution in [3.63, 3.8) is 0 Å². The van der Waals surface area contributed by atoms with E-state index in [2.05, 4.69) is 31.9 Å². The Morgan fingerprint density at radius 1 is 0.187 bits per heavy atom. The van der Waals surface area contributed by atoms with Gasteiger partial charge in [-0.15, -0.1) is 0 Å². The third kappa shape index (κ3) is 27.7. The van der Waals surface area contributed by atoms with Gasteiger partial charge < -0.3 is 299 Å². The SMILES string of the molecule is CC(=O)N[C@H]1[C@H](O[C@H]2[C@H](O)[C@@H](NC(C)=O)C(O)O[C@@H]2CO[C@@H]2O[C@@H](C)[C@@H](O)[C@@H](O)[C@@H]2O)O[C@H](CO)[C@@H](O[C@@H]2O[C@H](CO[C@H]3O[C@H](CO[C@@H]4O[C@H](CO)[C@@H](O[C@@H]5O[C@H](CO)[C@H](O)[C@H](O)[C@H]5O)[C@H](O)[C@H]4NC(C)=O)[C@@H](O)[C@H](O)[C@@H]3O[C@@H]3O[C@H](CO)[C@@H](O[C@@H]4O[C@H](CO)[C@H](O)[C@H](O)[C@H]4O)[C@H](O)[C@H]3NC(C)=O)[C@@H](O)[C@H](O[C@H]3O[C@H](CO)[C@@H](O[C@@H]4O[C@H](CO)[C@@H](O)[C@H](O)[C@H]4NC(C)=O)[C@H](O)[C@@H]3O[C@@H]3O[C@H](CO)[C@@H](O)[C@H](O)[C@H]3NC(C)=O)[C@@H]2O)[C@@H]1O. The molecule has 0 aromatic heterocycles. The van der Waals surface area contributed by atoms with Crippen LogP contribution < -0.4 is 31.9 Å². The molecule has 150 heavy (non-hydrogen) atoms. The lowest BCUT2D eigenvalue weighted by atomic mass is 9.93. The predicted molar refractivity (Wildman–Crippen MR) is 463 cm³/mol. The van der Waals surface area contributed by atoms with Crippen molar-refractivity contribution >= 4 is 35.4 Å². The molecule has 12 aliphatic rings. The lowest BCUT2D eigenvalue weighted by Crippen LogP contribution is -2.71. The molecule has 866 valence electrons. The van der Waals surface area contributed by atoms with Gasteiger partial charge in [0.05, 0.1) is 78.8 Å². The van der Waals surface area contributed by atoms with Crippen molar-refractivity contribution in [2.24, 2.45) is 0 Å². The molecule has 6 amide bonds. The van der Waals surface area contributed by atoms with Gasteiger partial charge in [0, 0.05) is 41.5 Å². The summed E-state index contributed by atoms with van der Waals surface area (Å²) in [5.41, 5.74) is 0. The monoisotopic (exact) mass is 2190 g/mol. The molecule has 12 aliphatic heterocycles. The van der Waals surface area contributed by atoms with Crippen molar-refractivity contribution in [3.8, 4) is 0 Å². The highest BCUT2D eigenvalue weighted by Gasteiger charge is 2.64. The van der Waals surface area contributed by atoms with Gasteiger partial charge in [-0.25, -0.2) is 0 Å². The summed E-state index contributed by atoms with van der Waals surface area (Å²) in [6.45, 7) is -6.16. The highest BCUT2D eigenvalue weighted by Crippen LogP contribution is 2.43. The molecule has 66 heteroatoms. The van der Waals surface area contributed by atoms with E-state index in [9.17, 15) is 187 Å². The number of hydrogen-bond donors (Lipinski definition) is 37. The van der Waals surface area contributed by atoms with Crippen molar-refractivity contribution < 1.29 is 296 Å². The minimum absolute atomic E-state index is 0.877. The third-order valence-electron chi connectivity index (χ3n) is 27.4. The molecule has 12 heterocycles. The van der Waals surface area contributed by atoms with Gasteiger partial charge in [-0.05, 0) is 6.92 Å². The maximum absolute atomic E-state index is 13.6. The molecule has 0 radical (unpaired) electrons. The Kier molecular flexibility index (Phi) is 44.4. The number of aliphatic hydroxyl groups excluding tert-OH is 31. The van der Waals surface area contributed by atoms with Crippen LogP contribution in [0.15, 0.2) is 0 Å². The number of ether oxygens (including phenoxy) is 23. The summed E-state index contributed by atoms with van der Waals surface area (Å²) in [7, 11) is 0. The van der Waals surface area contributed by atoms with E-state index in [0.29, 0.717) is 0 Å². The van der Waals surface area contributed by atoms with Crippen molar-refractivity contribution in [1.29, 1.82) is 0 Å². The van der Waals surface area contributed by atoms with Crippen LogP contribution in [0.25, 0.3) is 0 Å². The van der Waals surface area contributed by atoms with Crippen LogP contribution in [0.2, 0.25) is 0 Å². The van der Waals surface area contributed by atoms with E-state index in [-0.39, 0.29) is 0 Å². The van der Waals surface area contributed by atoms with Gasteiger partial charge in [0.15, 0.2) is 75.5 Å². The first-order valence-electron chi connectivity index (χ1n) is 48.0. The Morgan fingerprint density at radius 2 is 0.427 bits per heavy atom. The minimum Gasteiger partial charge on any atom is -0.394 e. The zero-order chi connectivity index (χ0) is 110. The summed E-state index contributed by atoms with van der Waals surface area (Å²) >= 11 is 0. The van der Waals surface area contributed by atoms with Crippen molar-refractivity contribution in [2.75, 3.05) is 72.7 Å². The Labute approximate surface area is 849 Å². The average molecular weight is 2190 g/mol. The Morgan fingerprint density at radius 3 is 0.820 bits per heavy atom. The van der Waals surface area contributed by atoms with E-state index in [1.165, 1.54) is 6.92 Å². The van der Waals surface area contributed by atoms with Crippen LogP contribution in [0.3, 0.4) is 0 Å². The number of carbonyl (C=O) groups excluding carboxylic acids is 6. The Hall–Kier alpha value is -5.34. The number of hydrogen-bond acceptors (Lipinski definition) is 60. The summed E-state index contributed by atoms with van der Waals surface area (Å²) in [5, 5.41) is 367. The van der Waals surface area contributed by atoms with E-state index >= 15 is 0 Å². The number of carbonyl (C=O) groups is 6. The number of aliphatic hydroxyl groups is 31. The van der Waals surface area contributed by atoms with E-state index in [1.54, 1.807) is 0 Å². The highest BCUT2D eigenvalue weighted by atomic mass is 16.8. The fourth-order valence-electron chi connectivity index (χ4n) is 19.5. The molecule has 0 aliphatic carbocycles.